The number of nitro groups is 2. The van der Waals surface area contributed by atoms with Crippen molar-refractivity contribution >= 4 is 51.7 Å². The number of unbranched alkanes of at least 4 members (excludes halogenated alkanes) is 1. The normalized spacial score (nSPS) is 15.2. The summed E-state index contributed by atoms with van der Waals surface area (Å²) in [5, 5.41) is 40.5. The van der Waals surface area contributed by atoms with E-state index in [1.165, 1.54) is 37.1 Å². The van der Waals surface area contributed by atoms with Crippen LogP contribution in [0.25, 0.3) is 11.0 Å². The van der Waals surface area contributed by atoms with Crippen LogP contribution in [-0.2, 0) is 25.6 Å². The molecule has 266 valence electrons. The Hall–Kier alpha value is -6.07. The molecular formula is C32H36N6O12. The van der Waals surface area contributed by atoms with Gasteiger partial charge < -0.3 is 35.1 Å². The topological polar surface area (TPSA) is 254 Å². The number of carboxylic acids is 1. The van der Waals surface area contributed by atoms with Crippen LogP contribution in [0.5, 0.6) is 5.75 Å². The highest BCUT2D eigenvalue weighted by Crippen LogP contribution is 2.29. The summed E-state index contributed by atoms with van der Waals surface area (Å²) in [5.74, 6) is -2.55. The first-order valence-corrected chi connectivity index (χ1v) is 15.7. The molecule has 4 rings (SSSR count). The third-order valence-electron chi connectivity index (χ3n) is 8.21. The molecule has 50 heavy (non-hydrogen) atoms. The van der Waals surface area contributed by atoms with Crippen LogP contribution in [0, 0.1) is 20.2 Å². The number of nitro benzene ring substituents is 2. The molecule has 1 fully saturated rings. The molecular weight excluding hydrogens is 660 g/mol. The molecule has 1 aliphatic rings. The Labute approximate surface area is 284 Å². The van der Waals surface area contributed by atoms with Gasteiger partial charge in [-0.15, -0.1) is 0 Å². The number of nitrogens with zero attached hydrogens (tertiary/aromatic N) is 3. The van der Waals surface area contributed by atoms with E-state index in [4.69, 9.17) is 9.15 Å². The van der Waals surface area contributed by atoms with Crippen LogP contribution in [-0.4, -0.2) is 81.9 Å². The van der Waals surface area contributed by atoms with E-state index in [2.05, 4.69) is 16.0 Å². The van der Waals surface area contributed by atoms with E-state index in [1.807, 2.05) is 0 Å². The SMILES string of the molecule is COc1ccc2c(CC(=O)NC(C)C(=O)N3CCCC3C(=O)NC(CCCCNc3ccc([N+](=O)[O-])cc3[N+](=O)[O-])C(=O)O)cc(=O)oc2c1. The number of ether oxygens (including phenoxy) is 1. The zero-order valence-corrected chi connectivity index (χ0v) is 27.2. The molecule has 0 aliphatic carbocycles. The number of hydrogen-bond donors (Lipinski definition) is 4. The number of carbonyl (C=O) groups excluding carboxylic acids is 3. The van der Waals surface area contributed by atoms with Crippen molar-refractivity contribution in [1.29, 1.82) is 0 Å². The van der Waals surface area contributed by atoms with Gasteiger partial charge in [0.1, 0.15) is 35.1 Å². The second-order valence-corrected chi connectivity index (χ2v) is 11.6. The number of carboxylic acid groups (broad SMARTS) is 1. The maximum Gasteiger partial charge on any atom is 0.336 e. The number of amides is 3. The first kappa shape index (κ1) is 36.8. The van der Waals surface area contributed by atoms with E-state index in [0.717, 1.165) is 12.1 Å². The molecule has 1 saturated heterocycles. The lowest BCUT2D eigenvalue weighted by molar-refractivity contribution is -0.393. The highest BCUT2D eigenvalue weighted by atomic mass is 16.6. The van der Waals surface area contributed by atoms with Gasteiger partial charge in [-0.1, -0.05) is 0 Å². The first-order chi connectivity index (χ1) is 23.8. The molecule has 3 atom stereocenters. The molecule has 0 saturated carbocycles. The molecule has 3 amide bonds. The highest BCUT2D eigenvalue weighted by molar-refractivity contribution is 5.94. The second kappa shape index (κ2) is 16.4. The molecule has 3 unspecified atom stereocenters. The number of methoxy groups -OCH3 is 1. The quantitative estimate of drug-likeness (QED) is 0.0728. The minimum atomic E-state index is -1.28. The molecule has 0 spiro atoms. The van der Waals surface area contributed by atoms with Crippen molar-refractivity contribution in [2.24, 2.45) is 0 Å². The van der Waals surface area contributed by atoms with Crippen molar-refractivity contribution in [3.05, 3.63) is 78.7 Å². The lowest BCUT2D eigenvalue weighted by Gasteiger charge is -2.28. The Morgan fingerprint density at radius 2 is 1.82 bits per heavy atom. The number of benzene rings is 2. The fourth-order valence-electron chi connectivity index (χ4n) is 5.72. The third kappa shape index (κ3) is 9.09. The van der Waals surface area contributed by atoms with Crippen molar-refractivity contribution in [1.82, 2.24) is 15.5 Å². The van der Waals surface area contributed by atoms with Gasteiger partial charge >= 0.3 is 11.6 Å². The molecule has 2 heterocycles. The number of nitrogens with one attached hydrogen (secondary N) is 3. The zero-order valence-electron chi connectivity index (χ0n) is 27.2. The monoisotopic (exact) mass is 696 g/mol. The molecule has 1 aliphatic heterocycles. The van der Waals surface area contributed by atoms with Crippen LogP contribution >= 0.6 is 0 Å². The zero-order chi connectivity index (χ0) is 36.5. The van der Waals surface area contributed by atoms with Crippen LogP contribution in [0.3, 0.4) is 0 Å². The van der Waals surface area contributed by atoms with E-state index >= 15 is 0 Å². The maximum atomic E-state index is 13.3. The Bertz CT molecular complexity index is 1860. The average Bonchev–Trinajstić information content (AvgIpc) is 3.56. The van der Waals surface area contributed by atoms with Gasteiger partial charge in [-0.25, -0.2) is 9.59 Å². The Balaban J connectivity index is 1.29. The Morgan fingerprint density at radius 1 is 1.06 bits per heavy atom. The lowest BCUT2D eigenvalue weighted by atomic mass is 10.1. The summed E-state index contributed by atoms with van der Waals surface area (Å²) in [4.78, 5) is 85.6. The van der Waals surface area contributed by atoms with Gasteiger partial charge in [-0.2, -0.15) is 0 Å². The minimum absolute atomic E-state index is 0.0253. The van der Waals surface area contributed by atoms with Gasteiger partial charge in [-0.05, 0) is 62.8 Å². The van der Waals surface area contributed by atoms with Gasteiger partial charge in [0.25, 0.3) is 11.4 Å². The third-order valence-corrected chi connectivity index (χ3v) is 8.21. The fraction of sp³-hybridized carbons (Fsp3) is 0.406. The van der Waals surface area contributed by atoms with Crippen molar-refractivity contribution in [2.45, 2.75) is 63.6 Å². The number of aliphatic carboxylic acids is 1. The molecule has 0 radical (unpaired) electrons. The van der Waals surface area contributed by atoms with Crippen molar-refractivity contribution < 1.29 is 43.3 Å². The van der Waals surface area contributed by atoms with E-state index in [-0.39, 0.29) is 43.6 Å². The maximum absolute atomic E-state index is 13.3. The number of fused-ring (bicyclic) bond motifs is 1. The summed E-state index contributed by atoms with van der Waals surface area (Å²) in [7, 11) is 1.46. The summed E-state index contributed by atoms with van der Waals surface area (Å²) in [6.07, 6.45) is 1.23. The first-order valence-electron chi connectivity index (χ1n) is 15.7. The van der Waals surface area contributed by atoms with E-state index in [0.29, 0.717) is 36.0 Å². The van der Waals surface area contributed by atoms with Gasteiger partial charge in [-0.3, -0.25) is 34.6 Å². The fourth-order valence-corrected chi connectivity index (χ4v) is 5.72. The summed E-state index contributed by atoms with van der Waals surface area (Å²) >= 11 is 0. The van der Waals surface area contributed by atoms with Crippen molar-refractivity contribution in [3.63, 3.8) is 0 Å². The number of anilines is 1. The average molecular weight is 697 g/mol. The second-order valence-electron chi connectivity index (χ2n) is 11.6. The van der Waals surface area contributed by atoms with Crippen LogP contribution in [0.1, 0.15) is 44.6 Å². The van der Waals surface area contributed by atoms with Gasteiger partial charge in [0, 0.05) is 36.7 Å². The number of rotatable bonds is 16. The molecule has 2 aromatic carbocycles. The number of carbonyl (C=O) groups is 4. The smallest absolute Gasteiger partial charge is 0.336 e. The van der Waals surface area contributed by atoms with Crippen LogP contribution in [0.4, 0.5) is 17.1 Å². The van der Waals surface area contributed by atoms with E-state index in [1.54, 1.807) is 12.1 Å². The molecule has 0 bridgehead atoms. The molecule has 3 aromatic rings. The number of likely N-dealkylation sites (tertiary alicyclic amines) is 1. The summed E-state index contributed by atoms with van der Waals surface area (Å²) in [5.41, 5.74) is -0.868. The summed E-state index contributed by atoms with van der Waals surface area (Å²) < 4.78 is 10.4. The Kier molecular flexibility index (Phi) is 12.0. The predicted octanol–water partition coefficient (Wildman–Crippen LogP) is 2.51. The standard InChI is InChI=1S/C32H36N6O12/c1-18(34-28(39)14-19-15-29(40)50-27-17-21(49-2)9-10-22(19)27)31(42)36-13-5-7-25(36)30(41)35-24(32(43)44)6-3-4-12-33-23-11-8-20(37(45)46)16-26(23)38(47)48/h8-11,15-18,24-25,33H,3-7,12-14H2,1-2H3,(H,34,39)(H,35,41)(H,43,44). The molecule has 18 heteroatoms. The van der Waals surface area contributed by atoms with Gasteiger partial charge in [0.2, 0.25) is 17.7 Å². The van der Waals surface area contributed by atoms with Gasteiger partial charge in [0.05, 0.1) is 29.4 Å². The van der Waals surface area contributed by atoms with Crippen molar-refractivity contribution in [2.75, 3.05) is 25.5 Å². The lowest BCUT2D eigenvalue weighted by Crippen LogP contribution is -2.54. The largest absolute Gasteiger partial charge is 0.497 e. The minimum Gasteiger partial charge on any atom is -0.497 e. The molecule has 4 N–H and O–H groups in total. The number of hydrogen-bond acceptors (Lipinski definition) is 12. The number of non-ortho nitro benzene ring substituents is 1. The molecule has 18 nitrogen and oxygen atoms in total. The highest BCUT2D eigenvalue weighted by Gasteiger charge is 2.37. The summed E-state index contributed by atoms with van der Waals surface area (Å²) in [6.45, 7) is 1.88. The Morgan fingerprint density at radius 3 is 2.50 bits per heavy atom. The van der Waals surface area contributed by atoms with Crippen LogP contribution < -0.4 is 26.3 Å². The van der Waals surface area contributed by atoms with E-state index < -0.39 is 68.7 Å². The van der Waals surface area contributed by atoms with E-state index in [9.17, 15) is 49.3 Å². The van der Waals surface area contributed by atoms with Gasteiger partial charge in [0.15, 0.2) is 0 Å². The van der Waals surface area contributed by atoms with Crippen molar-refractivity contribution in [3.8, 4) is 5.75 Å². The van der Waals surface area contributed by atoms with Crippen LogP contribution in [0.2, 0.25) is 0 Å². The summed E-state index contributed by atoms with van der Waals surface area (Å²) in [6, 6.07) is 5.96. The predicted molar refractivity (Wildman–Crippen MR) is 177 cm³/mol. The molecule has 1 aromatic heterocycles. The van der Waals surface area contributed by atoms with Crippen LogP contribution in [0.15, 0.2) is 51.7 Å².